The molecule has 0 aliphatic carbocycles. The Balaban J connectivity index is 2.63. The number of nitrogens with zero attached hydrogens (tertiary/aromatic N) is 2. The molecule has 0 aromatic carbocycles. The minimum Gasteiger partial charge on any atom is -0.468 e. The average Bonchev–Trinajstić information content (AvgIpc) is 2.31. The molecule has 0 aromatic heterocycles. The molecule has 2 atom stereocenters. The van der Waals surface area contributed by atoms with Crippen LogP contribution in [0.25, 0.3) is 0 Å². The SMILES string of the molecule is COC(=O)CN1[C@H](C)CN(C(=O)OC(C)(C)C)C[C@@H]1C. The van der Waals surface area contributed by atoms with Gasteiger partial charge in [0.2, 0.25) is 0 Å². The lowest BCUT2D eigenvalue weighted by atomic mass is 10.1. The summed E-state index contributed by atoms with van der Waals surface area (Å²) < 4.78 is 10.1. The van der Waals surface area contributed by atoms with Crippen molar-refractivity contribution in [2.45, 2.75) is 52.3 Å². The van der Waals surface area contributed by atoms with Crippen molar-refractivity contribution in [3.8, 4) is 0 Å². The Morgan fingerprint density at radius 2 is 1.65 bits per heavy atom. The molecule has 1 fully saturated rings. The van der Waals surface area contributed by atoms with E-state index in [1.165, 1.54) is 7.11 Å². The van der Waals surface area contributed by atoms with Gasteiger partial charge in [0.25, 0.3) is 0 Å². The largest absolute Gasteiger partial charge is 0.468 e. The molecule has 6 nitrogen and oxygen atoms in total. The fourth-order valence-corrected chi connectivity index (χ4v) is 2.36. The summed E-state index contributed by atoms with van der Waals surface area (Å²) in [6.45, 7) is 10.9. The van der Waals surface area contributed by atoms with Crippen LogP contribution in [0.4, 0.5) is 4.79 Å². The van der Waals surface area contributed by atoms with Crippen LogP contribution in [0.15, 0.2) is 0 Å². The molecule has 0 N–H and O–H groups in total. The quantitative estimate of drug-likeness (QED) is 0.720. The molecule has 1 saturated heterocycles. The van der Waals surface area contributed by atoms with Crippen LogP contribution in [-0.4, -0.2) is 66.3 Å². The van der Waals surface area contributed by atoms with Crippen LogP contribution in [0.5, 0.6) is 0 Å². The highest BCUT2D eigenvalue weighted by atomic mass is 16.6. The molecule has 1 amide bonds. The molecule has 1 heterocycles. The summed E-state index contributed by atoms with van der Waals surface area (Å²) in [5.74, 6) is -0.255. The second kappa shape index (κ2) is 6.43. The molecule has 1 aliphatic heterocycles. The smallest absolute Gasteiger partial charge is 0.410 e. The topological polar surface area (TPSA) is 59.1 Å². The highest BCUT2D eigenvalue weighted by Crippen LogP contribution is 2.18. The summed E-state index contributed by atoms with van der Waals surface area (Å²) in [6.07, 6.45) is -0.297. The summed E-state index contributed by atoms with van der Waals surface area (Å²) in [4.78, 5) is 27.2. The Morgan fingerprint density at radius 1 is 1.15 bits per heavy atom. The van der Waals surface area contributed by atoms with E-state index in [4.69, 9.17) is 9.47 Å². The normalized spacial score (nSPS) is 24.4. The van der Waals surface area contributed by atoms with Gasteiger partial charge in [-0.1, -0.05) is 0 Å². The van der Waals surface area contributed by atoms with E-state index in [0.717, 1.165) is 0 Å². The Bertz CT molecular complexity index is 353. The van der Waals surface area contributed by atoms with Crippen molar-refractivity contribution in [2.75, 3.05) is 26.7 Å². The molecular weight excluding hydrogens is 260 g/mol. The van der Waals surface area contributed by atoms with Crippen LogP contribution in [0.3, 0.4) is 0 Å². The standard InChI is InChI=1S/C14H26N2O4/c1-10-7-15(13(18)20-14(3,4)5)8-11(2)16(10)9-12(17)19-6/h10-11H,7-9H2,1-6H3/t10-,11+. The number of ether oxygens (including phenoxy) is 2. The molecule has 0 bridgehead atoms. The molecule has 0 spiro atoms. The predicted molar refractivity (Wildman–Crippen MR) is 75.5 cm³/mol. The minimum absolute atomic E-state index is 0.0883. The second-order valence-electron chi connectivity index (χ2n) is 6.33. The van der Waals surface area contributed by atoms with Crippen molar-refractivity contribution in [2.24, 2.45) is 0 Å². The zero-order valence-electron chi connectivity index (χ0n) is 13.3. The number of carbonyl (C=O) groups excluding carboxylic acids is 2. The lowest BCUT2D eigenvalue weighted by Gasteiger charge is -2.43. The van der Waals surface area contributed by atoms with Crippen molar-refractivity contribution in [1.82, 2.24) is 9.80 Å². The minimum atomic E-state index is -0.493. The Labute approximate surface area is 121 Å². The van der Waals surface area contributed by atoms with Gasteiger partial charge in [0.05, 0.1) is 13.7 Å². The number of amides is 1. The van der Waals surface area contributed by atoms with Gasteiger partial charge in [-0.15, -0.1) is 0 Å². The van der Waals surface area contributed by atoms with Crippen molar-refractivity contribution < 1.29 is 19.1 Å². The third kappa shape index (κ3) is 4.67. The van der Waals surface area contributed by atoms with Gasteiger partial charge in [-0.05, 0) is 34.6 Å². The molecule has 0 unspecified atom stereocenters. The molecule has 0 saturated carbocycles. The molecular formula is C14H26N2O4. The molecule has 6 heteroatoms. The van der Waals surface area contributed by atoms with E-state index in [1.54, 1.807) is 4.90 Å². The van der Waals surface area contributed by atoms with Gasteiger partial charge in [-0.25, -0.2) is 4.79 Å². The zero-order valence-corrected chi connectivity index (χ0v) is 13.3. The van der Waals surface area contributed by atoms with Crippen molar-refractivity contribution in [3.63, 3.8) is 0 Å². The molecule has 1 rings (SSSR count). The zero-order chi connectivity index (χ0) is 15.5. The first-order valence-electron chi connectivity index (χ1n) is 6.94. The van der Waals surface area contributed by atoms with E-state index in [2.05, 4.69) is 0 Å². The van der Waals surface area contributed by atoms with Gasteiger partial charge >= 0.3 is 12.1 Å². The Morgan fingerprint density at radius 3 is 2.05 bits per heavy atom. The second-order valence-corrected chi connectivity index (χ2v) is 6.33. The van der Waals surface area contributed by atoms with Crippen LogP contribution in [-0.2, 0) is 14.3 Å². The molecule has 0 aromatic rings. The number of carbonyl (C=O) groups is 2. The maximum absolute atomic E-state index is 12.1. The van der Waals surface area contributed by atoms with Crippen molar-refractivity contribution in [3.05, 3.63) is 0 Å². The Hall–Kier alpha value is -1.30. The third-order valence-electron chi connectivity index (χ3n) is 3.29. The first-order chi connectivity index (χ1) is 9.14. The van der Waals surface area contributed by atoms with Gasteiger partial charge in [-0.3, -0.25) is 9.69 Å². The summed E-state index contributed by atoms with van der Waals surface area (Å²) >= 11 is 0. The summed E-state index contributed by atoms with van der Waals surface area (Å²) in [6, 6.07) is 0.177. The van der Waals surface area contributed by atoms with Crippen LogP contribution in [0.1, 0.15) is 34.6 Å². The molecule has 116 valence electrons. The average molecular weight is 286 g/mol. The lowest BCUT2D eigenvalue weighted by Crippen LogP contribution is -2.59. The fraction of sp³-hybridized carbons (Fsp3) is 0.857. The number of hydrogen-bond acceptors (Lipinski definition) is 5. The van der Waals surface area contributed by atoms with Gasteiger partial charge in [0.1, 0.15) is 5.60 Å². The van der Waals surface area contributed by atoms with Crippen molar-refractivity contribution >= 4 is 12.1 Å². The fourth-order valence-electron chi connectivity index (χ4n) is 2.36. The van der Waals surface area contributed by atoms with Crippen LogP contribution < -0.4 is 0 Å². The number of methoxy groups -OCH3 is 1. The summed E-state index contributed by atoms with van der Waals surface area (Å²) in [7, 11) is 1.38. The lowest BCUT2D eigenvalue weighted by molar-refractivity contribution is -0.144. The number of piperazine rings is 1. The number of hydrogen-bond donors (Lipinski definition) is 0. The van der Waals surface area contributed by atoms with Crippen LogP contribution in [0.2, 0.25) is 0 Å². The molecule has 0 radical (unpaired) electrons. The predicted octanol–water partition coefficient (Wildman–Crippen LogP) is 1.49. The summed E-state index contributed by atoms with van der Waals surface area (Å²) in [5.41, 5.74) is -0.493. The van der Waals surface area contributed by atoms with Gasteiger partial charge < -0.3 is 14.4 Å². The molecule has 1 aliphatic rings. The van der Waals surface area contributed by atoms with Crippen molar-refractivity contribution in [1.29, 1.82) is 0 Å². The van der Waals surface area contributed by atoms with E-state index in [0.29, 0.717) is 13.1 Å². The van der Waals surface area contributed by atoms with Gasteiger partial charge in [-0.2, -0.15) is 0 Å². The van der Waals surface area contributed by atoms with Gasteiger partial charge in [0.15, 0.2) is 0 Å². The maximum Gasteiger partial charge on any atom is 0.410 e. The van der Waals surface area contributed by atoms with E-state index >= 15 is 0 Å². The number of rotatable bonds is 2. The highest BCUT2D eigenvalue weighted by molar-refractivity contribution is 5.72. The maximum atomic E-state index is 12.1. The third-order valence-corrected chi connectivity index (χ3v) is 3.29. The molecule has 20 heavy (non-hydrogen) atoms. The van der Waals surface area contributed by atoms with E-state index in [-0.39, 0.29) is 30.7 Å². The monoisotopic (exact) mass is 286 g/mol. The van der Waals surface area contributed by atoms with E-state index < -0.39 is 5.60 Å². The first kappa shape index (κ1) is 16.8. The Kier molecular flexibility index (Phi) is 5.39. The van der Waals surface area contributed by atoms with E-state index in [1.807, 2.05) is 39.5 Å². The number of esters is 1. The van der Waals surface area contributed by atoms with E-state index in [9.17, 15) is 9.59 Å². The first-order valence-corrected chi connectivity index (χ1v) is 6.94. The van der Waals surface area contributed by atoms with Gasteiger partial charge in [0, 0.05) is 25.2 Å². The van der Waals surface area contributed by atoms with Crippen LogP contribution in [0, 0.1) is 0 Å². The summed E-state index contributed by atoms with van der Waals surface area (Å²) in [5, 5.41) is 0. The van der Waals surface area contributed by atoms with Crippen LogP contribution >= 0.6 is 0 Å². The highest BCUT2D eigenvalue weighted by Gasteiger charge is 2.34.